The lowest BCUT2D eigenvalue weighted by Crippen LogP contribution is -2.18. The molecule has 0 spiro atoms. The summed E-state index contributed by atoms with van der Waals surface area (Å²) in [7, 11) is 0. The Balaban J connectivity index is 1.46. The van der Waals surface area contributed by atoms with Gasteiger partial charge in [0.25, 0.3) is 0 Å². The smallest absolute Gasteiger partial charge is 0.226 e. The normalized spacial score (nSPS) is 15.1. The molecule has 1 aliphatic heterocycles. The van der Waals surface area contributed by atoms with Crippen molar-refractivity contribution in [3.63, 3.8) is 0 Å². The monoisotopic (exact) mass is 298 g/mol. The van der Waals surface area contributed by atoms with E-state index in [0.29, 0.717) is 13.0 Å². The number of likely N-dealkylation sites (tertiary alicyclic amines) is 1. The molecule has 0 bridgehead atoms. The topological polar surface area (TPSA) is 50.2 Å². The fourth-order valence-electron chi connectivity index (χ4n) is 2.76. The van der Waals surface area contributed by atoms with Crippen molar-refractivity contribution in [1.29, 1.82) is 0 Å². The van der Waals surface area contributed by atoms with Crippen LogP contribution in [0.4, 0.5) is 5.69 Å². The summed E-state index contributed by atoms with van der Waals surface area (Å²) in [5.74, 6) is 0.0165. The highest BCUT2D eigenvalue weighted by atomic mass is 16.1. The molecule has 116 valence electrons. The Labute approximate surface area is 130 Å². The van der Waals surface area contributed by atoms with E-state index in [2.05, 4.69) is 27.4 Å². The third-order valence-corrected chi connectivity index (χ3v) is 3.97. The van der Waals surface area contributed by atoms with E-state index < -0.39 is 0 Å². The molecule has 1 saturated heterocycles. The number of carbonyl (C=O) groups excluding carboxylic acids is 1. The number of anilines is 1. The van der Waals surface area contributed by atoms with Crippen molar-refractivity contribution in [1.82, 2.24) is 14.7 Å². The van der Waals surface area contributed by atoms with Gasteiger partial charge < -0.3 is 5.32 Å². The van der Waals surface area contributed by atoms with Crippen molar-refractivity contribution in [2.75, 3.05) is 18.4 Å². The number of carbonyl (C=O) groups is 1. The Morgan fingerprint density at radius 2 is 1.95 bits per heavy atom. The number of amides is 1. The first-order chi connectivity index (χ1) is 10.8. The fourth-order valence-corrected chi connectivity index (χ4v) is 2.76. The molecule has 0 radical (unpaired) electrons. The Bertz CT molecular complexity index is 586. The highest BCUT2D eigenvalue weighted by molar-refractivity contribution is 5.90. The number of rotatable bonds is 6. The molecule has 0 unspecified atom stereocenters. The Morgan fingerprint density at radius 1 is 1.18 bits per heavy atom. The SMILES string of the molecule is O=C(CCn1cccn1)Nc1ccc(CN2CCCC2)cc1. The van der Waals surface area contributed by atoms with Crippen LogP contribution in [0, 0.1) is 0 Å². The highest BCUT2D eigenvalue weighted by Gasteiger charge is 2.11. The Kier molecular flexibility index (Phi) is 4.85. The van der Waals surface area contributed by atoms with E-state index in [4.69, 9.17) is 0 Å². The molecule has 22 heavy (non-hydrogen) atoms. The molecule has 3 rings (SSSR count). The Morgan fingerprint density at radius 3 is 2.64 bits per heavy atom. The molecule has 1 aromatic heterocycles. The molecule has 1 N–H and O–H groups in total. The average Bonchev–Trinajstić information content (AvgIpc) is 3.20. The van der Waals surface area contributed by atoms with Crippen molar-refractivity contribution in [3.05, 3.63) is 48.3 Å². The maximum Gasteiger partial charge on any atom is 0.226 e. The van der Waals surface area contributed by atoms with Gasteiger partial charge in [-0.05, 0) is 49.7 Å². The van der Waals surface area contributed by atoms with Crippen LogP contribution in [0.1, 0.15) is 24.8 Å². The second kappa shape index (κ2) is 7.22. The van der Waals surface area contributed by atoms with Gasteiger partial charge in [0.05, 0.1) is 0 Å². The minimum absolute atomic E-state index is 0.0165. The minimum Gasteiger partial charge on any atom is -0.326 e. The van der Waals surface area contributed by atoms with Crippen LogP contribution in [0.15, 0.2) is 42.7 Å². The molecule has 1 aliphatic rings. The van der Waals surface area contributed by atoms with Crippen molar-refractivity contribution >= 4 is 11.6 Å². The fraction of sp³-hybridized carbons (Fsp3) is 0.412. The van der Waals surface area contributed by atoms with Crippen LogP contribution in [0.5, 0.6) is 0 Å². The third-order valence-electron chi connectivity index (χ3n) is 3.97. The first kappa shape index (κ1) is 14.8. The van der Waals surface area contributed by atoms with Gasteiger partial charge in [0.1, 0.15) is 0 Å². The second-order valence-corrected chi connectivity index (χ2v) is 5.75. The van der Waals surface area contributed by atoms with Crippen molar-refractivity contribution in [3.8, 4) is 0 Å². The standard InChI is InChI=1S/C17H22N4O/c22-17(8-13-21-12-3-9-18-21)19-16-6-4-15(5-7-16)14-20-10-1-2-11-20/h3-7,9,12H,1-2,8,10-11,13-14H2,(H,19,22). The second-order valence-electron chi connectivity index (χ2n) is 5.75. The first-order valence-corrected chi connectivity index (χ1v) is 7.88. The summed E-state index contributed by atoms with van der Waals surface area (Å²) >= 11 is 0. The van der Waals surface area contributed by atoms with Gasteiger partial charge >= 0.3 is 0 Å². The Hall–Kier alpha value is -2.14. The molecule has 0 aliphatic carbocycles. The van der Waals surface area contributed by atoms with Crippen LogP contribution < -0.4 is 5.32 Å². The maximum absolute atomic E-state index is 11.9. The zero-order valence-electron chi connectivity index (χ0n) is 12.7. The molecular formula is C17H22N4O. The molecule has 1 fully saturated rings. The van der Waals surface area contributed by atoms with Gasteiger partial charge in [-0.3, -0.25) is 14.4 Å². The summed E-state index contributed by atoms with van der Waals surface area (Å²) in [4.78, 5) is 14.4. The largest absolute Gasteiger partial charge is 0.326 e. The minimum atomic E-state index is 0.0165. The van der Waals surface area contributed by atoms with E-state index in [1.807, 2.05) is 24.4 Å². The number of hydrogen-bond donors (Lipinski definition) is 1. The van der Waals surface area contributed by atoms with Gasteiger partial charge in [0, 0.05) is 37.6 Å². The van der Waals surface area contributed by atoms with Gasteiger partial charge in [-0.2, -0.15) is 5.10 Å². The molecule has 5 heteroatoms. The van der Waals surface area contributed by atoms with Crippen LogP contribution in [0.2, 0.25) is 0 Å². The van der Waals surface area contributed by atoms with Crippen molar-refractivity contribution in [2.24, 2.45) is 0 Å². The molecular weight excluding hydrogens is 276 g/mol. The summed E-state index contributed by atoms with van der Waals surface area (Å²) < 4.78 is 1.76. The number of benzene rings is 1. The van der Waals surface area contributed by atoms with Crippen LogP contribution >= 0.6 is 0 Å². The summed E-state index contributed by atoms with van der Waals surface area (Å²) in [5, 5.41) is 7.02. The van der Waals surface area contributed by atoms with Crippen LogP contribution in [-0.2, 0) is 17.9 Å². The third kappa shape index (κ3) is 4.18. The van der Waals surface area contributed by atoms with E-state index in [9.17, 15) is 4.79 Å². The first-order valence-electron chi connectivity index (χ1n) is 7.88. The van der Waals surface area contributed by atoms with Gasteiger partial charge in [-0.15, -0.1) is 0 Å². The van der Waals surface area contributed by atoms with E-state index in [-0.39, 0.29) is 5.91 Å². The van der Waals surface area contributed by atoms with Crippen LogP contribution in [0.3, 0.4) is 0 Å². The van der Waals surface area contributed by atoms with Crippen LogP contribution in [-0.4, -0.2) is 33.7 Å². The van der Waals surface area contributed by atoms with Gasteiger partial charge in [-0.25, -0.2) is 0 Å². The molecule has 1 aromatic carbocycles. The molecule has 2 aromatic rings. The summed E-state index contributed by atoms with van der Waals surface area (Å²) in [5.41, 5.74) is 2.16. The van der Waals surface area contributed by atoms with Gasteiger partial charge in [0.2, 0.25) is 5.91 Å². The molecule has 0 atom stereocenters. The van der Waals surface area contributed by atoms with Crippen LogP contribution in [0.25, 0.3) is 0 Å². The number of aromatic nitrogens is 2. The van der Waals surface area contributed by atoms with Gasteiger partial charge in [0.15, 0.2) is 0 Å². The lowest BCUT2D eigenvalue weighted by molar-refractivity contribution is -0.116. The molecule has 2 heterocycles. The molecule has 0 saturated carbocycles. The highest BCUT2D eigenvalue weighted by Crippen LogP contribution is 2.15. The predicted molar refractivity (Wildman–Crippen MR) is 86.4 cm³/mol. The molecule has 1 amide bonds. The summed E-state index contributed by atoms with van der Waals surface area (Å²) in [6.45, 7) is 4.01. The number of nitrogens with zero attached hydrogens (tertiary/aromatic N) is 3. The van der Waals surface area contributed by atoms with E-state index >= 15 is 0 Å². The summed E-state index contributed by atoms with van der Waals surface area (Å²) in [6.07, 6.45) is 6.63. The van der Waals surface area contributed by atoms with Crippen molar-refractivity contribution in [2.45, 2.75) is 32.4 Å². The maximum atomic E-state index is 11.9. The number of nitrogens with one attached hydrogen (secondary N) is 1. The molecule has 5 nitrogen and oxygen atoms in total. The zero-order chi connectivity index (χ0) is 15.2. The van der Waals surface area contributed by atoms with E-state index in [1.165, 1.54) is 31.5 Å². The average molecular weight is 298 g/mol. The predicted octanol–water partition coefficient (Wildman–Crippen LogP) is 2.51. The van der Waals surface area contributed by atoms with E-state index in [1.54, 1.807) is 10.9 Å². The number of aryl methyl sites for hydroxylation is 1. The van der Waals surface area contributed by atoms with Gasteiger partial charge in [-0.1, -0.05) is 12.1 Å². The number of hydrogen-bond acceptors (Lipinski definition) is 3. The lowest BCUT2D eigenvalue weighted by atomic mass is 10.2. The lowest BCUT2D eigenvalue weighted by Gasteiger charge is -2.14. The van der Waals surface area contributed by atoms with E-state index in [0.717, 1.165) is 12.2 Å². The quantitative estimate of drug-likeness (QED) is 0.891. The summed E-state index contributed by atoms with van der Waals surface area (Å²) in [6, 6.07) is 10.0. The van der Waals surface area contributed by atoms with Crippen molar-refractivity contribution < 1.29 is 4.79 Å². The zero-order valence-corrected chi connectivity index (χ0v) is 12.7.